The van der Waals surface area contributed by atoms with Crippen LogP contribution in [0.5, 0.6) is 11.5 Å². The van der Waals surface area contributed by atoms with Crippen LogP contribution in [0.3, 0.4) is 0 Å². The van der Waals surface area contributed by atoms with Crippen LogP contribution in [0.15, 0.2) is 36.2 Å². The monoisotopic (exact) mass is 508 g/mol. The summed E-state index contributed by atoms with van der Waals surface area (Å²) in [5.74, 6) is -1.78. The zero-order chi connectivity index (χ0) is 25.0. The van der Waals surface area contributed by atoms with Gasteiger partial charge in [0.05, 0.1) is 42.5 Å². The molecule has 0 bridgehead atoms. The normalized spacial score (nSPS) is 17.5. The third kappa shape index (κ3) is 4.99. The maximum absolute atomic E-state index is 13.2. The number of aliphatic hydroxyl groups excluding tert-OH is 1. The highest BCUT2D eigenvalue weighted by Gasteiger charge is 2.46. The molecule has 0 spiro atoms. The fourth-order valence-electron chi connectivity index (χ4n) is 3.85. The highest BCUT2D eigenvalue weighted by Crippen LogP contribution is 2.47. The van der Waals surface area contributed by atoms with Crippen molar-refractivity contribution in [1.29, 1.82) is 0 Å². The smallest absolute Gasteiger partial charge is 0.295 e. The highest BCUT2D eigenvalue weighted by molar-refractivity contribution is 6.47. The molecule has 8 nitrogen and oxygen atoms in total. The van der Waals surface area contributed by atoms with Crippen molar-refractivity contribution >= 4 is 40.7 Å². The van der Waals surface area contributed by atoms with Gasteiger partial charge in [0.2, 0.25) is 0 Å². The lowest BCUT2D eigenvalue weighted by Gasteiger charge is -2.25. The van der Waals surface area contributed by atoms with Crippen molar-refractivity contribution in [3.63, 3.8) is 0 Å². The van der Waals surface area contributed by atoms with E-state index in [4.69, 9.17) is 37.4 Å². The second-order valence-corrected chi connectivity index (χ2v) is 8.62. The van der Waals surface area contributed by atoms with Crippen LogP contribution in [0.4, 0.5) is 0 Å². The topological polar surface area (TPSA) is 98.2 Å². The van der Waals surface area contributed by atoms with Crippen LogP contribution < -0.4 is 9.47 Å². The van der Waals surface area contributed by atoms with Crippen LogP contribution >= 0.6 is 23.2 Å². The minimum atomic E-state index is -0.841. The molecule has 1 aliphatic heterocycles. The number of ketones is 1. The molecule has 34 heavy (non-hydrogen) atoms. The number of aromatic nitrogens is 1. The van der Waals surface area contributed by atoms with Gasteiger partial charge in [-0.2, -0.15) is 0 Å². The van der Waals surface area contributed by atoms with Crippen molar-refractivity contribution < 1.29 is 28.9 Å². The molecule has 1 saturated heterocycles. The first kappa shape index (κ1) is 25.8. The molecule has 0 radical (unpaired) electrons. The molecule has 3 rings (SSSR count). The summed E-state index contributed by atoms with van der Waals surface area (Å²) in [6, 6.07) is 3.92. The first-order valence-electron chi connectivity index (χ1n) is 10.6. The summed E-state index contributed by atoms with van der Waals surface area (Å²) >= 11 is 12.7. The summed E-state index contributed by atoms with van der Waals surface area (Å²) < 4.78 is 16.2. The number of hydrogen-bond acceptors (Lipinski definition) is 7. The summed E-state index contributed by atoms with van der Waals surface area (Å²) in [4.78, 5) is 31.6. The number of rotatable bonds is 9. The molecule has 1 N–H and O–H groups in total. The number of amides is 1. The Morgan fingerprint density at radius 1 is 1.15 bits per heavy atom. The van der Waals surface area contributed by atoms with Gasteiger partial charge in [-0.15, -0.1) is 0 Å². The van der Waals surface area contributed by atoms with E-state index in [1.807, 2.05) is 13.8 Å². The Bertz CT molecular complexity index is 1100. The molecule has 1 unspecified atom stereocenters. The van der Waals surface area contributed by atoms with E-state index in [9.17, 15) is 14.7 Å². The first-order chi connectivity index (χ1) is 16.2. The number of carbonyl (C=O) groups is 2. The molecule has 10 heteroatoms. The second kappa shape index (κ2) is 11.1. The molecule has 0 saturated carbocycles. The van der Waals surface area contributed by atoms with E-state index in [0.29, 0.717) is 18.6 Å². The Kier molecular flexibility index (Phi) is 8.41. The molecule has 1 aliphatic rings. The molecule has 1 amide bonds. The molecular weight excluding hydrogens is 483 g/mol. The Hall–Kier alpha value is -2.81. The number of hydrogen-bond donors (Lipinski definition) is 1. The number of benzene rings is 1. The van der Waals surface area contributed by atoms with Crippen LogP contribution in [0, 0.1) is 0 Å². The maximum atomic E-state index is 13.2. The predicted octanol–water partition coefficient (Wildman–Crippen LogP) is 4.64. The fourth-order valence-corrected chi connectivity index (χ4v) is 4.54. The Morgan fingerprint density at radius 3 is 2.38 bits per heavy atom. The summed E-state index contributed by atoms with van der Waals surface area (Å²) in [6.45, 7) is 4.51. The quantitative estimate of drug-likeness (QED) is 0.228. The van der Waals surface area contributed by atoms with Crippen LogP contribution in [-0.4, -0.2) is 60.2 Å². The third-order valence-corrected chi connectivity index (χ3v) is 5.98. The Balaban J connectivity index is 2.15. The zero-order valence-electron chi connectivity index (χ0n) is 19.3. The average Bonchev–Trinajstić information content (AvgIpc) is 3.06. The van der Waals surface area contributed by atoms with Crippen LogP contribution in [0.25, 0.3) is 5.76 Å². The number of pyridine rings is 1. The Labute approximate surface area is 208 Å². The van der Waals surface area contributed by atoms with Gasteiger partial charge in [-0.3, -0.25) is 14.6 Å². The molecule has 2 heterocycles. The number of Topliss-reactive ketones (excluding diaryl/α,β-unsaturated/α-hetero) is 1. The van der Waals surface area contributed by atoms with Crippen LogP contribution in [0.2, 0.25) is 10.0 Å². The summed E-state index contributed by atoms with van der Waals surface area (Å²) in [5.41, 5.74) is 0.584. The second-order valence-electron chi connectivity index (χ2n) is 7.83. The minimum absolute atomic E-state index is 0.0274. The Morgan fingerprint density at radius 2 is 1.79 bits per heavy atom. The largest absolute Gasteiger partial charge is 0.507 e. The summed E-state index contributed by atoms with van der Waals surface area (Å²) in [6.07, 6.45) is 3.66. The van der Waals surface area contributed by atoms with Gasteiger partial charge >= 0.3 is 0 Å². The lowest BCUT2D eigenvalue weighted by Crippen LogP contribution is -2.31. The van der Waals surface area contributed by atoms with Gasteiger partial charge in [-0.1, -0.05) is 23.2 Å². The van der Waals surface area contributed by atoms with Gasteiger partial charge in [0.25, 0.3) is 11.7 Å². The van der Waals surface area contributed by atoms with E-state index in [-0.39, 0.29) is 45.3 Å². The minimum Gasteiger partial charge on any atom is -0.507 e. The zero-order valence-corrected chi connectivity index (χ0v) is 20.8. The lowest BCUT2D eigenvalue weighted by atomic mass is 9.95. The lowest BCUT2D eigenvalue weighted by molar-refractivity contribution is -0.140. The van der Waals surface area contributed by atoms with E-state index in [0.717, 1.165) is 0 Å². The van der Waals surface area contributed by atoms with Gasteiger partial charge in [0.1, 0.15) is 10.8 Å². The van der Waals surface area contributed by atoms with E-state index >= 15 is 0 Å². The summed E-state index contributed by atoms with van der Waals surface area (Å²) in [5, 5.41) is 11.5. The molecular formula is C24H26Cl2N2O6. The number of aliphatic hydroxyl groups is 1. The van der Waals surface area contributed by atoms with E-state index < -0.39 is 23.5 Å². The average molecular weight is 509 g/mol. The van der Waals surface area contributed by atoms with Crippen molar-refractivity contribution in [3.05, 3.63) is 57.3 Å². The van der Waals surface area contributed by atoms with Gasteiger partial charge in [0.15, 0.2) is 11.5 Å². The number of nitrogens with zero attached hydrogens (tertiary/aromatic N) is 2. The van der Waals surface area contributed by atoms with Gasteiger partial charge in [-0.25, -0.2) is 0 Å². The predicted molar refractivity (Wildman–Crippen MR) is 129 cm³/mol. The summed E-state index contributed by atoms with van der Waals surface area (Å²) in [7, 11) is 2.75. The van der Waals surface area contributed by atoms with Crippen molar-refractivity contribution in [1.82, 2.24) is 9.88 Å². The standard InChI is InChI=1S/C24H26Cl2N2O6/c1-13(2)34-11-5-10-28-19(14-6-8-27-9-7-14)17(21(30)24(28)31)20(29)15-12-16(25)23(33-4)18(26)22(15)32-3/h6-9,12-13,19,29H,5,10-11H2,1-4H3/b20-17+. The fraction of sp³-hybridized carbons (Fsp3) is 0.375. The van der Waals surface area contributed by atoms with Crippen LogP contribution in [-0.2, 0) is 14.3 Å². The van der Waals surface area contributed by atoms with Crippen molar-refractivity contribution in [2.75, 3.05) is 27.4 Å². The van der Waals surface area contributed by atoms with Crippen molar-refractivity contribution in [2.24, 2.45) is 0 Å². The van der Waals surface area contributed by atoms with Gasteiger partial charge in [-0.05, 0) is 44.0 Å². The highest BCUT2D eigenvalue weighted by atomic mass is 35.5. The van der Waals surface area contributed by atoms with Gasteiger partial charge < -0.3 is 24.2 Å². The molecule has 182 valence electrons. The number of halogens is 2. The molecule has 0 aliphatic carbocycles. The van der Waals surface area contributed by atoms with Crippen molar-refractivity contribution in [3.8, 4) is 11.5 Å². The molecule has 1 atom stereocenters. The molecule has 1 fully saturated rings. The molecule has 2 aromatic rings. The SMILES string of the molecule is COc1c(Cl)cc(/C(O)=C2\C(=O)C(=O)N(CCCOC(C)C)C2c2ccncc2)c(OC)c1Cl. The third-order valence-electron chi connectivity index (χ3n) is 5.35. The molecule has 1 aromatic carbocycles. The first-order valence-corrected chi connectivity index (χ1v) is 11.4. The molecule has 1 aromatic heterocycles. The van der Waals surface area contributed by atoms with Gasteiger partial charge in [0, 0.05) is 25.5 Å². The number of carbonyl (C=O) groups excluding carboxylic acids is 2. The number of ether oxygens (including phenoxy) is 3. The van der Waals surface area contributed by atoms with Crippen molar-refractivity contribution in [2.45, 2.75) is 32.4 Å². The van der Waals surface area contributed by atoms with E-state index in [2.05, 4.69) is 4.98 Å². The number of methoxy groups -OCH3 is 2. The maximum Gasteiger partial charge on any atom is 0.295 e. The van der Waals surface area contributed by atoms with E-state index in [1.54, 1.807) is 24.5 Å². The van der Waals surface area contributed by atoms with Crippen LogP contribution in [0.1, 0.15) is 37.4 Å². The number of likely N-dealkylation sites (tertiary alicyclic amines) is 1. The van der Waals surface area contributed by atoms with E-state index in [1.165, 1.54) is 25.2 Å².